The van der Waals surface area contributed by atoms with Gasteiger partial charge in [0.2, 0.25) is 0 Å². The number of hydrazone groups is 1. The van der Waals surface area contributed by atoms with E-state index in [9.17, 15) is 0 Å². The van der Waals surface area contributed by atoms with Crippen LogP contribution >= 0.6 is 0 Å². The minimum Gasteiger partial charge on any atom is -0.412 e. The molecular weight excluding hydrogens is 312 g/mol. The summed E-state index contributed by atoms with van der Waals surface area (Å²) in [6, 6.07) is 12.5. The number of nitriles is 1. The lowest BCUT2D eigenvalue weighted by atomic mass is 10.3. The van der Waals surface area contributed by atoms with Gasteiger partial charge < -0.3 is 22.2 Å². The number of hydrogen-bond acceptors (Lipinski definition) is 8. The molecule has 10 heteroatoms. The van der Waals surface area contributed by atoms with Crippen LogP contribution in [0.2, 0.25) is 0 Å². The second-order valence-corrected chi connectivity index (χ2v) is 3.37. The zero-order valence-corrected chi connectivity index (χ0v) is 13.4. The zero-order chi connectivity index (χ0) is 17.9. The van der Waals surface area contributed by atoms with Gasteiger partial charge in [-0.05, 0) is 31.2 Å². The summed E-state index contributed by atoms with van der Waals surface area (Å²) in [5.74, 6) is 13.2. The fourth-order valence-electron chi connectivity index (χ4n) is 1.01. The first-order chi connectivity index (χ1) is 11.2. The van der Waals surface area contributed by atoms with Gasteiger partial charge in [0.15, 0.2) is 5.84 Å². The second-order valence-electron chi connectivity index (χ2n) is 3.37. The van der Waals surface area contributed by atoms with Gasteiger partial charge in [-0.3, -0.25) is 16.7 Å². The van der Waals surface area contributed by atoms with E-state index in [-0.39, 0.29) is 17.9 Å². The second kappa shape index (κ2) is 19.9. The molecule has 11 N–H and O–H groups in total. The molecule has 132 valence electrons. The van der Waals surface area contributed by atoms with Gasteiger partial charge in [0.25, 0.3) is 0 Å². The van der Waals surface area contributed by atoms with Crippen molar-refractivity contribution in [2.75, 3.05) is 6.61 Å². The number of aromatic nitrogens is 2. The summed E-state index contributed by atoms with van der Waals surface area (Å²) in [5.41, 5.74) is 6.42. The van der Waals surface area contributed by atoms with Crippen molar-refractivity contribution in [1.82, 2.24) is 9.97 Å². The first kappa shape index (κ1) is 25.8. The van der Waals surface area contributed by atoms with Crippen LogP contribution in [0, 0.1) is 11.3 Å². The van der Waals surface area contributed by atoms with Crippen LogP contribution in [0.4, 0.5) is 0 Å². The predicted molar refractivity (Wildman–Crippen MR) is 92.8 cm³/mol. The summed E-state index contributed by atoms with van der Waals surface area (Å²) in [6.07, 6.45) is 3.23. The number of pyridine rings is 2. The van der Waals surface area contributed by atoms with E-state index in [0.717, 1.165) is 0 Å². The van der Waals surface area contributed by atoms with E-state index in [1.807, 2.05) is 12.1 Å². The molecule has 24 heavy (non-hydrogen) atoms. The molecule has 0 radical (unpaired) electrons. The van der Waals surface area contributed by atoms with Crippen molar-refractivity contribution in [1.29, 1.82) is 5.26 Å². The molecule has 2 rings (SSSR count). The molecule has 0 aliphatic rings. The third-order valence-corrected chi connectivity index (χ3v) is 1.85. The highest BCUT2D eigenvalue weighted by molar-refractivity contribution is 5.95. The number of amidine groups is 1. The van der Waals surface area contributed by atoms with Gasteiger partial charge in [-0.15, -0.1) is 0 Å². The molecule has 0 aromatic carbocycles. The third kappa shape index (κ3) is 13.9. The maximum absolute atomic E-state index is 8.23. The number of rotatable bonds is 1. The molecule has 0 bridgehead atoms. The van der Waals surface area contributed by atoms with Gasteiger partial charge in [-0.2, -0.15) is 10.4 Å². The molecule has 2 heterocycles. The lowest BCUT2D eigenvalue weighted by Crippen LogP contribution is -2.16. The Morgan fingerprint density at radius 1 is 1.17 bits per heavy atom. The molecular formula is C14H24N8O2. The number of aliphatic hydroxyl groups excluding tert-OH is 1. The minimum atomic E-state index is 0. The highest BCUT2D eigenvalue weighted by atomic mass is 16.2. The van der Waals surface area contributed by atoms with Crippen LogP contribution in [0.3, 0.4) is 0 Å². The average molecular weight is 336 g/mol. The monoisotopic (exact) mass is 336 g/mol. The molecule has 0 amide bonds. The Labute approximate surface area is 140 Å². The molecule has 2 aromatic heterocycles. The van der Waals surface area contributed by atoms with Crippen LogP contribution in [-0.2, 0) is 0 Å². The number of nitrogens with two attached hydrogens (primary N) is 4. The predicted octanol–water partition coefficient (Wildman–Crippen LogP) is -1.39. The number of aliphatic hydroxyl groups is 1. The first-order valence-electron chi connectivity index (χ1n) is 6.39. The lowest BCUT2D eigenvalue weighted by Gasteiger charge is -1.94. The summed E-state index contributed by atoms with van der Waals surface area (Å²) < 4.78 is 0. The van der Waals surface area contributed by atoms with Gasteiger partial charge in [-0.25, -0.2) is 4.98 Å². The summed E-state index contributed by atoms with van der Waals surface area (Å²) >= 11 is 0. The van der Waals surface area contributed by atoms with Crippen molar-refractivity contribution in [2.24, 2.45) is 28.4 Å². The normalized spacial score (nSPS) is 8.38. The molecule has 10 nitrogen and oxygen atoms in total. The van der Waals surface area contributed by atoms with Crippen LogP contribution in [-0.4, -0.2) is 33.0 Å². The van der Waals surface area contributed by atoms with Crippen molar-refractivity contribution in [3.63, 3.8) is 0 Å². The van der Waals surface area contributed by atoms with Crippen LogP contribution in [0.15, 0.2) is 53.9 Å². The highest BCUT2D eigenvalue weighted by Gasteiger charge is 1.94. The van der Waals surface area contributed by atoms with Crippen LogP contribution < -0.4 is 23.3 Å². The molecule has 0 aliphatic carbocycles. The number of nitrogens with zero attached hydrogens (tertiary/aromatic N) is 4. The summed E-state index contributed by atoms with van der Waals surface area (Å²) in [4.78, 5) is 7.65. The van der Waals surface area contributed by atoms with Gasteiger partial charge in [-0.1, -0.05) is 12.1 Å². The Morgan fingerprint density at radius 3 is 1.96 bits per heavy atom. The maximum Gasteiger partial charge on any atom is 0.168 e. The average Bonchev–Trinajstić information content (AvgIpc) is 2.65. The van der Waals surface area contributed by atoms with Crippen molar-refractivity contribution in [2.45, 2.75) is 6.92 Å². The van der Waals surface area contributed by atoms with E-state index in [4.69, 9.17) is 21.9 Å². The van der Waals surface area contributed by atoms with Gasteiger partial charge >= 0.3 is 0 Å². The third-order valence-electron chi connectivity index (χ3n) is 1.85. The molecule has 0 fully saturated rings. The van der Waals surface area contributed by atoms with Crippen LogP contribution in [0.25, 0.3) is 0 Å². The molecule has 0 aliphatic heterocycles. The zero-order valence-electron chi connectivity index (χ0n) is 13.4. The summed E-state index contributed by atoms with van der Waals surface area (Å²) in [7, 11) is 0. The van der Waals surface area contributed by atoms with Crippen molar-refractivity contribution in [3.8, 4) is 6.07 Å². The summed E-state index contributed by atoms with van der Waals surface area (Å²) in [6.45, 7) is 1.93. The molecule has 0 spiro atoms. The fraction of sp³-hybridized carbons (Fsp3) is 0.143. The van der Waals surface area contributed by atoms with E-state index in [1.54, 1.807) is 49.6 Å². The van der Waals surface area contributed by atoms with Crippen LogP contribution in [0.5, 0.6) is 0 Å². The topological polar surface area (TPSA) is 218 Å². The van der Waals surface area contributed by atoms with Crippen molar-refractivity contribution in [3.05, 3.63) is 60.2 Å². The maximum atomic E-state index is 8.23. The van der Waals surface area contributed by atoms with E-state index in [1.165, 1.54) is 0 Å². The minimum absolute atomic E-state index is 0. The summed E-state index contributed by atoms with van der Waals surface area (Å²) in [5, 5.41) is 19.1. The molecule has 0 saturated heterocycles. The quantitative estimate of drug-likeness (QED) is 0.180. The van der Waals surface area contributed by atoms with Crippen LogP contribution in [0.1, 0.15) is 18.3 Å². The number of hydrogen-bond donors (Lipinski definition) is 5. The fourth-order valence-corrected chi connectivity index (χ4v) is 1.01. The molecule has 0 atom stereocenters. The Bertz CT molecular complexity index is 558. The van der Waals surface area contributed by atoms with E-state index in [2.05, 4.69) is 26.8 Å². The Kier molecular flexibility index (Phi) is 21.4. The highest BCUT2D eigenvalue weighted by Crippen LogP contribution is 1.90. The first-order valence-corrected chi connectivity index (χ1v) is 6.39. The smallest absolute Gasteiger partial charge is 0.168 e. The van der Waals surface area contributed by atoms with Gasteiger partial charge in [0.05, 0.1) is 0 Å². The van der Waals surface area contributed by atoms with Gasteiger partial charge in [0, 0.05) is 19.0 Å². The standard InChI is InChI=1S/C6H8N4.C6H4N2.C2H6O.H4N2.H2O/c7-6(10-8)5-3-1-2-4-9-5;7-5-6-3-1-2-4-8-6;1-2-3;1-2;/h1-4H,8H2,(H2,7,10);1-4H;3H,2H2,1H3;1-2H2;1H2. The SMILES string of the molecule is CCO.N#Cc1ccccn1.N/N=C(\N)c1ccccn1.NN.O. The van der Waals surface area contributed by atoms with E-state index in [0.29, 0.717) is 11.4 Å². The number of hydrazine groups is 1. The van der Waals surface area contributed by atoms with Gasteiger partial charge in [0.1, 0.15) is 17.5 Å². The lowest BCUT2D eigenvalue weighted by molar-refractivity contribution is 0.318. The largest absolute Gasteiger partial charge is 0.412 e. The molecule has 0 unspecified atom stereocenters. The molecule has 2 aromatic rings. The van der Waals surface area contributed by atoms with Crippen molar-refractivity contribution < 1.29 is 10.6 Å². The molecule has 0 saturated carbocycles. The Morgan fingerprint density at radius 2 is 1.67 bits per heavy atom. The van der Waals surface area contributed by atoms with Crippen molar-refractivity contribution >= 4 is 5.84 Å². The Balaban J connectivity index is -0.000000285. The van der Waals surface area contributed by atoms with E-state index >= 15 is 0 Å². The van der Waals surface area contributed by atoms with E-state index < -0.39 is 0 Å². The Hall–Kier alpha value is -3.10.